The van der Waals surface area contributed by atoms with Gasteiger partial charge in [0.15, 0.2) is 0 Å². The van der Waals surface area contributed by atoms with Crippen LogP contribution in [0.3, 0.4) is 0 Å². The molecule has 1 heterocycles. The molecule has 1 fully saturated rings. The molecular weight excluding hydrogens is 269 g/mol. The van der Waals surface area contributed by atoms with Crippen LogP contribution in [-0.2, 0) is 6.54 Å². The predicted octanol–water partition coefficient (Wildman–Crippen LogP) is 3.35. The number of halogens is 2. The minimum atomic E-state index is -0.138. The van der Waals surface area contributed by atoms with Gasteiger partial charge in [-0.05, 0) is 49.1 Å². The van der Waals surface area contributed by atoms with Gasteiger partial charge < -0.3 is 0 Å². The van der Waals surface area contributed by atoms with Crippen LogP contribution in [0.2, 0.25) is 0 Å². The van der Waals surface area contributed by atoms with Crippen molar-refractivity contribution in [2.24, 2.45) is 5.92 Å². The molecule has 0 amide bonds. The smallest absolute Gasteiger partial charge is 0.123 e. The summed E-state index contributed by atoms with van der Waals surface area (Å²) in [6, 6.07) is 5.08. The lowest BCUT2D eigenvalue weighted by Gasteiger charge is -2.17. The summed E-state index contributed by atoms with van der Waals surface area (Å²) in [5, 5.41) is 1.09. The molecule has 16 heavy (non-hydrogen) atoms. The van der Waals surface area contributed by atoms with Crippen LogP contribution in [0.25, 0.3) is 0 Å². The number of nitrogens with zero attached hydrogens (tertiary/aromatic N) is 1. The summed E-state index contributed by atoms with van der Waals surface area (Å²) >= 11 is 3.54. The van der Waals surface area contributed by atoms with Gasteiger partial charge >= 0.3 is 0 Å². The van der Waals surface area contributed by atoms with Gasteiger partial charge in [0.2, 0.25) is 0 Å². The summed E-state index contributed by atoms with van der Waals surface area (Å²) in [7, 11) is 0. The molecule has 0 aromatic heterocycles. The Bertz CT molecular complexity index is 367. The molecule has 0 aliphatic carbocycles. The van der Waals surface area contributed by atoms with E-state index in [9.17, 15) is 4.39 Å². The van der Waals surface area contributed by atoms with Crippen LogP contribution in [-0.4, -0.2) is 23.3 Å². The van der Waals surface area contributed by atoms with Crippen LogP contribution in [0.1, 0.15) is 17.5 Å². The second kappa shape index (κ2) is 5.28. The number of benzene rings is 1. The van der Waals surface area contributed by atoms with Gasteiger partial charge in [-0.2, -0.15) is 0 Å². The summed E-state index contributed by atoms with van der Waals surface area (Å²) in [4.78, 5) is 2.45. The second-order valence-corrected chi connectivity index (χ2v) is 5.26. The molecule has 0 saturated carbocycles. The first kappa shape index (κ1) is 12.1. The second-order valence-electron chi connectivity index (χ2n) is 4.61. The van der Waals surface area contributed by atoms with Crippen molar-refractivity contribution in [3.8, 4) is 0 Å². The van der Waals surface area contributed by atoms with Crippen molar-refractivity contribution in [3.05, 3.63) is 35.1 Å². The number of likely N-dealkylation sites (tertiary alicyclic amines) is 1. The highest BCUT2D eigenvalue weighted by Gasteiger charge is 2.21. The Kier molecular flexibility index (Phi) is 3.98. The number of hydrogen-bond acceptors (Lipinski definition) is 1. The Morgan fingerprint density at radius 1 is 1.50 bits per heavy atom. The van der Waals surface area contributed by atoms with E-state index in [-0.39, 0.29) is 5.82 Å². The average molecular weight is 286 g/mol. The van der Waals surface area contributed by atoms with Crippen molar-refractivity contribution in [2.45, 2.75) is 19.9 Å². The van der Waals surface area contributed by atoms with Crippen molar-refractivity contribution in [3.63, 3.8) is 0 Å². The van der Waals surface area contributed by atoms with Crippen molar-refractivity contribution in [1.82, 2.24) is 4.90 Å². The highest BCUT2D eigenvalue weighted by Crippen LogP contribution is 2.21. The quantitative estimate of drug-likeness (QED) is 0.770. The highest BCUT2D eigenvalue weighted by atomic mass is 79.9. The van der Waals surface area contributed by atoms with Crippen LogP contribution in [0.15, 0.2) is 18.2 Å². The van der Waals surface area contributed by atoms with Crippen LogP contribution in [0.4, 0.5) is 4.39 Å². The lowest BCUT2D eigenvalue weighted by molar-refractivity contribution is 0.320. The third-order valence-electron chi connectivity index (χ3n) is 3.29. The lowest BCUT2D eigenvalue weighted by Crippen LogP contribution is -2.20. The standard InChI is InChI=1S/C13H17BrFN/c1-10-6-13(15)3-2-12(10)9-16-5-4-11(7-14)8-16/h2-3,6,11H,4-5,7-9H2,1H3. The number of rotatable bonds is 3. The van der Waals surface area contributed by atoms with E-state index in [1.807, 2.05) is 13.0 Å². The van der Waals surface area contributed by atoms with Gasteiger partial charge in [-0.3, -0.25) is 4.90 Å². The SMILES string of the molecule is Cc1cc(F)ccc1CN1CCC(CBr)C1. The Hall–Kier alpha value is -0.410. The van der Waals surface area contributed by atoms with E-state index in [1.165, 1.54) is 12.0 Å². The average Bonchev–Trinajstić information content (AvgIpc) is 2.70. The summed E-state index contributed by atoms with van der Waals surface area (Å²) < 4.78 is 13.0. The molecule has 3 heteroatoms. The third kappa shape index (κ3) is 2.83. The fourth-order valence-corrected chi connectivity index (χ4v) is 2.79. The third-order valence-corrected chi connectivity index (χ3v) is 4.20. The van der Waals surface area contributed by atoms with E-state index in [0.29, 0.717) is 0 Å². The Balaban J connectivity index is 1.99. The first-order valence-electron chi connectivity index (χ1n) is 5.72. The van der Waals surface area contributed by atoms with E-state index in [2.05, 4.69) is 20.8 Å². The molecule has 1 aliphatic rings. The van der Waals surface area contributed by atoms with E-state index >= 15 is 0 Å². The van der Waals surface area contributed by atoms with Crippen LogP contribution in [0, 0.1) is 18.7 Å². The van der Waals surface area contributed by atoms with Gasteiger partial charge in [0.25, 0.3) is 0 Å². The fraction of sp³-hybridized carbons (Fsp3) is 0.538. The van der Waals surface area contributed by atoms with E-state index < -0.39 is 0 Å². The topological polar surface area (TPSA) is 3.24 Å². The van der Waals surface area contributed by atoms with Crippen LogP contribution in [0.5, 0.6) is 0 Å². The summed E-state index contributed by atoms with van der Waals surface area (Å²) in [6.07, 6.45) is 1.27. The molecule has 1 unspecified atom stereocenters. The molecule has 0 N–H and O–H groups in total. The summed E-state index contributed by atoms with van der Waals surface area (Å²) in [6.45, 7) is 5.25. The monoisotopic (exact) mass is 285 g/mol. The molecule has 0 spiro atoms. The van der Waals surface area contributed by atoms with Gasteiger partial charge in [0.05, 0.1) is 0 Å². The zero-order valence-corrected chi connectivity index (χ0v) is 11.1. The van der Waals surface area contributed by atoms with Gasteiger partial charge in [-0.1, -0.05) is 22.0 Å². The van der Waals surface area contributed by atoms with Crippen molar-refractivity contribution >= 4 is 15.9 Å². The first-order valence-corrected chi connectivity index (χ1v) is 6.84. The maximum atomic E-state index is 13.0. The molecule has 1 nitrogen and oxygen atoms in total. The molecule has 1 aromatic carbocycles. The maximum Gasteiger partial charge on any atom is 0.123 e. The molecule has 0 bridgehead atoms. The number of alkyl halides is 1. The predicted molar refractivity (Wildman–Crippen MR) is 68.3 cm³/mol. The zero-order valence-electron chi connectivity index (χ0n) is 9.55. The molecule has 0 radical (unpaired) electrons. The van der Waals surface area contributed by atoms with Crippen LogP contribution >= 0.6 is 15.9 Å². The molecule has 1 saturated heterocycles. The Morgan fingerprint density at radius 3 is 2.94 bits per heavy atom. The summed E-state index contributed by atoms with van der Waals surface area (Å²) in [5.41, 5.74) is 2.30. The Labute approximate surface area is 105 Å². The van der Waals surface area contributed by atoms with Crippen molar-refractivity contribution in [1.29, 1.82) is 0 Å². The Morgan fingerprint density at radius 2 is 2.31 bits per heavy atom. The van der Waals surface area contributed by atoms with Crippen molar-refractivity contribution < 1.29 is 4.39 Å². The van der Waals surface area contributed by atoms with E-state index in [0.717, 1.165) is 36.4 Å². The zero-order chi connectivity index (χ0) is 11.5. The normalized spacial score (nSPS) is 21.6. The van der Waals surface area contributed by atoms with E-state index in [1.54, 1.807) is 12.1 Å². The summed E-state index contributed by atoms with van der Waals surface area (Å²) in [5.74, 6) is 0.641. The van der Waals surface area contributed by atoms with Crippen molar-refractivity contribution in [2.75, 3.05) is 18.4 Å². The molecular formula is C13H17BrFN. The van der Waals surface area contributed by atoms with Crippen LogP contribution < -0.4 is 0 Å². The molecule has 1 aromatic rings. The largest absolute Gasteiger partial charge is 0.299 e. The number of hydrogen-bond donors (Lipinski definition) is 0. The van der Waals surface area contributed by atoms with E-state index in [4.69, 9.17) is 0 Å². The fourth-order valence-electron chi connectivity index (χ4n) is 2.26. The van der Waals surface area contributed by atoms with Gasteiger partial charge in [0.1, 0.15) is 5.82 Å². The highest BCUT2D eigenvalue weighted by molar-refractivity contribution is 9.09. The van der Waals surface area contributed by atoms with Gasteiger partial charge in [0, 0.05) is 18.4 Å². The minimum Gasteiger partial charge on any atom is -0.299 e. The lowest BCUT2D eigenvalue weighted by atomic mass is 10.1. The minimum absolute atomic E-state index is 0.138. The first-order chi connectivity index (χ1) is 7.69. The maximum absolute atomic E-state index is 13.0. The van der Waals surface area contributed by atoms with Gasteiger partial charge in [-0.15, -0.1) is 0 Å². The molecule has 1 atom stereocenters. The molecule has 88 valence electrons. The number of aryl methyl sites for hydroxylation is 1. The molecule has 2 rings (SSSR count). The molecule has 1 aliphatic heterocycles. The van der Waals surface area contributed by atoms with Gasteiger partial charge in [-0.25, -0.2) is 4.39 Å².